The number of nitrogens with one attached hydrogen (secondary N) is 3. The Labute approximate surface area is 210 Å². The summed E-state index contributed by atoms with van der Waals surface area (Å²) in [5.41, 5.74) is 5.53. The van der Waals surface area contributed by atoms with Gasteiger partial charge in [0.2, 0.25) is 0 Å². The Morgan fingerprint density at radius 2 is 1.74 bits per heavy atom. The minimum absolute atomic E-state index is 0.0205. The Hall–Kier alpha value is -3.75. The minimum Gasteiger partial charge on any atom is -0.343 e. The van der Waals surface area contributed by atoms with E-state index in [0.717, 1.165) is 23.3 Å². The number of hydrogen-bond donors (Lipinski definition) is 3. The van der Waals surface area contributed by atoms with Gasteiger partial charge in [0.1, 0.15) is 5.82 Å². The Bertz CT molecular complexity index is 1360. The predicted octanol–water partition coefficient (Wildman–Crippen LogP) is 5.22. The standard InChI is InChI=1S/C25H19Cl2FN4O3/c1-13(33)14-2-6-18(7-3-14)29-25(35)32-31-23-19-8-4-16(26)10-15(19)11-22(23)30-24(34)20-9-5-17(28)12-21(20)27/h2-10,12,22H,11H2,1H3,(H,30,34)(H2,29,32,35)/b31-23+. The largest absolute Gasteiger partial charge is 0.343 e. The molecule has 0 heterocycles. The van der Waals surface area contributed by atoms with Gasteiger partial charge in [0.15, 0.2) is 5.78 Å². The van der Waals surface area contributed by atoms with Crippen molar-refractivity contribution in [3.63, 3.8) is 0 Å². The van der Waals surface area contributed by atoms with Gasteiger partial charge in [-0.2, -0.15) is 5.10 Å². The van der Waals surface area contributed by atoms with Crippen LogP contribution in [0.4, 0.5) is 14.9 Å². The maximum atomic E-state index is 13.4. The van der Waals surface area contributed by atoms with Crippen LogP contribution in [0.15, 0.2) is 65.8 Å². The van der Waals surface area contributed by atoms with E-state index in [1.807, 2.05) is 0 Å². The highest BCUT2D eigenvalue weighted by atomic mass is 35.5. The Balaban J connectivity index is 1.52. The molecule has 3 aromatic rings. The third kappa shape index (κ3) is 5.67. The smallest absolute Gasteiger partial charge is 0.339 e. The lowest BCUT2D eigenvalue weighted by atomic mass is 10.1. The first kappa shape index (κ1) is 24.4. The molecule has 10 heteroatoms. The van der Waals surface area contributed by atoms with Crippen molar-refractivity contribution in [1.29, 1.82) is 0 Å². The monoisotopic (exact) mass is 512 g/mol. The lowest BCUT2D eigenvalue weighted by Crippen LogP contribution is -2.40. The summed E-state index contributed by atoms with van der Waals surface area (Å²) in [6, 6.07) is 13.9. The van der Waals surface area contributed by atoms with E-state index in [1.54, 1.807) is 42.5 Å². The van der Waals surface area contributed by atoms with E-state index in [4.69, 9.17) is 23.2 Å². The van der Waals surface area contributed by atoms with Crippen molar-refractivity contribution in [2.75, 3.05) is 5.32 Å². The van der Waals surface area contributed by atoms with E-state index in [-0.39, 0.29) is 16.4 Å². The molecule has 178 valence electrons. The molecular weight excluding hydrogens is 494 g/mol. The van der Waals surface area contributed by atoms with Gasteiger partial charge in [-0.1, -0.05) is 29.3 Å². The molecule has 0 spiro atoms. The first-order chi connectivity index (χ1) is 16.7. The lowest BCUT2D eigenvalue weighted by Gasteiger charge is -2.15. The summed E-state index contributed by atoms with van der Waals surface area (Å²) in [6.45, 7) is 1.46. The molecule has 4 rings (SSSR count). The summed E-state index contributed by atoms with van der Waals surface area (Å²) in [4.78, 5) is 36.7. The first-order valence-corrected chi connectivity index (χ1v) is 11.3. The van der Waals surface area contributed by atoms with Crippen LogP contribution in [-0.4, -0.2) is 29.5 Å². The number of amides is 3. The van der Waals surface area contributed by atoms with Crippen LogP contribution in [0.1, 0.15) is 38.8 Å². The lowest BCUT2D eigenvalue weighted by molar-refractivity contribution is 0.0946. The molecule has 3 N–H and O–H groups in total. The highest BCUT2D eigenvalue weighted by Gasteiger charge is 2.31. The molecule has 3 aromatic carbocycles. The first-order valence-electron chi connectivity index (χ1n) is 10.5. The number of carbonyl (C=O) groups excluding carboxylic acids is 3. The number of carbonyl (C=O) groups is 3. The van der Waals surface area contributed by atoms with Gasteiger partial charge in [0.25, 0.3) is 5.91 Å². The molecule has 0 aliphatic heterocycles. The zero-order valence-electron chi connectivity index (χ0n) is 18.4. The number of anilines is 1. The van der Waals surface area contributed by atoms with Gasteiger partial charge in [-0.15, -0.1) is 0 Å². The van der Waals surface area contributed by atoms with Crippen molar-refractivity contribution in [3.8, 4) is 0 Å². The molecule has 0 fully saturated rings. The molecule has 1 aliphatic rings. The fourth-order valence-corrected chi connectivity index (χ4v) is 4.16. The molecule has 35 heavy (non-hydrogen) atoms. The highest BCUT2D eigenvalue weighted by molar-refractivity contribution is 6.34. The van der Waals surface area contributed by atoms with Gasteiger partial charge in [-0.05, 0) is 73.5 Å². The molecule has 0 saturated heterocycles. The third-order valence-electron chi connectivity index (χ3n) is 5.41. The Morgan fingerprint density at radius 3 is 2.43 bits per heavy atom. The SMILES string of the molecule is CC(=O)c1ccc(NC(=O)N/N=C2\c3ccc(Cl)cc3CC2NC(=O)c2ccc(F)cc2Cl)cc1. The Kier molecular flexibility index (Phi) is 7.14. The van der Waals surface area contributed by atoms with E-state index in [1.165, 1.54) is 13.0 Å². The second kappa shape index (κ2) is 10.2. The van der Waals surface area contributed by atoms with Crippen LogP contribution in [0.2, 0.25) is 10.0 Å². The van der Waals surface area contributed by atoms with Crippen molar-refractivity contribution < 1.29 is 18.8 Å². The number of hydrogen-bond acceptors (Lipinski definition) is 4. The average molecular weight is 513 g/mol. The molecule has 7 nitrogen and oxygen atoms in total. The maximum absolute atomic E-state index is 13.4. The average Bonchev–Trinajstić information content (AvgIpc) is 3.13. The molecule has 1 atom stereocenters. The fraction of sp³-hybridized carbons (Fsp3) is 0.120. The molecule has 1 unspecified atom stereocenters. The quantitative estimate of drug-likeness (QED) is 0.323. The number of urea groups is 1. The van der Waals surface area contributed by atoms with Gasteiger partial charge >= 0.3 is 6.03 Å². The zero-order chi connectivity index (χ0) is 25.1. The van der Waals surface area contributed by atoms with Crippen molar-refractivity contribution in [2.24, 2.45) is 5.10 Å². The van der Waals surface area contributed by atoms with Gasteiger partial charge in [-0.3, -0.25) is 9.59 Å². The maximum Gasteiger partial charge on any atom is 0.339 e. The van der Waals surface area contributed by atoms with Crippen LogP contribution in [0.25, 0.3) is 0 Å². The van der Waals surface area contributed by atoms with E-state index in [2.05, 4.69) is 21.2 Å². The van der Waals surface area contributed by atoms with Crippen LogP contribution >= 0.6 is 23.2 Å². The third-order valence-corrected chi connectivity index (χ3v) is 5.95. The topological polar surface area (TPSA) is 99.7 Å². The van der Waals surface area contributed by atoms with Crippen molar-refractivity contribution in [3.05, 3.63) is 98.8 Å². The normalized spacial score (nSPS) is 15.4. The van der Waals surface area contributed by atoms with E-state index < -0.39 is 23.8 Å². The number of hydrazone groups is 1. The van der Waals surface area contributed by atoms with E-state index in [0.29, 0.717) is 28.4 Å². The van der Waals surface area contributed by atoms with Gasteiger partial charge in [-0.25, -0.2) is 14.6 Å². The fourth-order valence-electron chi connectivity index (χ4n) is 3.71. The second-order valence-electron chi connectivity index (χ2n) is 7.85. The summed E-state index contributed by atoms with van der Waals surface area (Å²) in [5.74, 6) is -1.15. The number of nitrogens with zero attached hydrogens (tertiary/aromatic N) is 1. The summed E-state index contributed by atoms with van der Waals surface area (Å²) < 4.78 is 13.4. The molecule has 3 amide bonds. The second-order valence-corrected chi connectivity index (χ2v) is 8.70. The number of halogens is 3. The number of rotatable bonds is 5. The molecule has 0 bridgehead atoms. The Morgan fingerprint density at radius 1 is 1.00 bits per heavy atom. The minimum atomic E-state index is -0.609. The molecule has 1 aliphatic carbocycles. The summed E-state index contributed by atoms with van der Waals surface area (Å²) >= 11 is 12.2. The summed E-state index contributed by atoms with van der Waals surface area (Å²) in [6.07, 6.45) is 0.384. The summed E-state index contributed by atoms with van der Waals surface area (Å²) in [7, 11) is 0. The predicted molar refractivity (Wildman–Crippen MR) is 133 cm³/mol. The van der Waals surface area contributed by atoms with Gasteiger partial charge < -0.3 is 10.6 Å². The van der Waals surface area contributed by atoms with E-state index >= 15 is 0 Å². The number of benzene rings is 3. The summed E-state index contributed by atoms with van der Waals surface area (Å²) in [5, 5.41) is 10.2. The number of Topliss-reactive ketones (excluding diaryl/α,β-unsaturated/α-hetero) is 1. The van der Waals surface area contributed by atoms with Gasteiger partial charge in [0.05, 0.1) is 22.3 Å². The molecule has 0 radical (unpaired) electrons. The number of ketones is 1. The van der Waals surface area contributed by atoms with Gasteiger partial charge in [0, 0.05) is 21.8 Å². The van der Waals surface area contributed by atoms with Crippen LogP contribution < -0.4 is 16.1 Å². The van der Waals surface area contributed by atoms with E-state index in [9.17, 15) is 18.8 Å². The molecular formula is C25H19Cl2FN4O3. The van der Waals surface area contributed by atoms with Crippen molar-refractivity contribution in [2.45, 2.75) is 19.4 Å². The van der Waals surface area contributed by atoms with Crippen LogP contribution in [0.5, 0.6) is 0 Å². The van der Waals surface area contributed by atoms with Crippen molar-refractivity contribution >= 4 is 52.3 Å². The zero-order valence-corrected chi connectivity index (χ0v) is 19.9. The molecule has 0 saturated carbocycles. The van der Waals surface area contributed by atoms with Crippen LogP contribution in [0.3, 0.4) is 0 Å². The van der Waals surface area contributed by atoms with Crippen LogP contribution in [0, 0.1) is 5.82 Å². The van der Waals surface area contributed by atoms with Crippen molar-refractivity contribution in [1.82, 2.24) is 10.7 Å². The molecule has 0 aromatic heterocycles. The van der Waals surface area contributed by atoms with Crippen LogP contribution in [-0.2, 0) is 6.42 Å². The highest BCUT2D eigenvalue weighted by Crippen LogP contribution is 2.27. The number of fused-ring (bicyclic) bond motifs is 1.